The van der Waals surface area contributed by atoms with Crippen LogP contribution < -0.4 is 5.73 Å². The molecule has 0 aromatic carbocycles. The topological polar surface area (TPSA) is 52.3 Å². The van der Waals surface area contributed by atoms with E-state index in [0.29, 0.717) is 12.4 Å². The van der Waals surface area contributed by atoms with Gasteiger partial charge in [0.1, 0.15) is 12.6 Å². The molecular weight excluding hydrogens is 206 g/mol. The van der Waals surface area contributed by atoms with Crippen LogP contribution in [-0.2, 0) is 16.1 Å². The second-order valence-corrected chi connectivity index (χ2v) is 3.87. The quantitative estimate of drug-likeness (QED) is 0.585. The number of thiol groups is 1. The third kappa shape index (κ3) is 3.38. The van der Waals surface area contributed by atoms with Crippen molar-refractivity contribution in [2.75, 3.05) is 5.75 Å². The van der Waals surface area contributed by atoms with Gasteiger partial charge in [-0.15, -0.1) is 11.3 Å². The van der Waals surface area contributed by atoms with Gasteiger partial charge in [-0.2, -0.15) is 12.6 Å². The van der Waals surface area contributed by atoms with Gasteiger partial charge in [-0.3, -0.25) is 4.79 Å². The molecule has 0 spiro atoms. The Hall–Kier alpha value is -0.520. The van der Waals surface area contributed by atoms with Crippen LogP contribution >= 0.6 is 24.0 Å². The first-order valence-corrected chi connectivity index (χ1v) is 5.30. The van der Waals surface area contributed by atoms with Crippen molar-refractivity contribution < 1.29 is 9.53 Å². The fourth-order valence-electron chi connectivity index (χ4n) is 0.719. The van der Waals surface area contributed by atoms with Crippen LogP contribution in [0.2, 0.25) is 0 Å². The predicted octanol–water partition coefficient (Wildman–Crippen LogP) is 1.05. The molecule has 0 saturated heterocycles. The number of nitrogens with two attached hydrogens (primary N) is 1. The van der Waals surface area contributed by atoms with E-state index in [4.69, 9.17) is 10.5 Å². The van der Waals surface area contributed by atoms with Crippen molar-refractivity contribution >= 4 is 29.9 Å². The summed E-state index contributed by atoms with van der Waals surface area (Å²) in [7, 11) is 0. The minimum absolute atomic E-state index is 0.304. The minimum Gasteiger partial charge on any atom is -0.459 e. The lowest BCUT2D eigenvalue weighted by atomic mass is 10.4. The summed E-state index contributed by atoms with van der Waals surface area (Å²) in [6.45, 7) is 0.304. The first kappa shape index (κ1) is 10.6. The van der Waals surface area contributed by atoms with E-state index in [9.17, 15) is 4.79 Å². The molecule has 1 rings (SSSR count). The van der Waals surface area contributed by atoms with Crippen molar-refractivity contribution in [2.45, 2.75) is 12.6 Å². The number of carbonyl (C=O) groups is 1. The highest BCUT2D eigenvalue weighted by molar-refractivity contribution is 7.80. The molecule has 0 unspecified atom stereocenters. The lowest BCUT2D eigenvalue weighted by molar-refractivity contribution is -0.145. The third-order valence-electron chi connectivity index (χ3n) is 1.44. The first-order chi connectivity index (χ1) is 6.24. The maximum atomic E-state index is 11.1. The second-order valence-electron chi connectivity index (χ2n) is 2.48. The Morgan fingerprint density at radius 2 is 2.54 bits per heavy atom. The van der Waals surface area contributed by atoms with Crippen molar-refractivity contribution in [1.29, 1.82) is 0 Å². The zero-order valence-corrected chi connectivity index (χ0v) is 8.68. The molecule has 0 bridgehead atoms. The molecule has 0 aliphatic rings. The minimum atomic E-state index is -0.622. The first-order valence-electron chi connectivity index (χ1n) is 3.79. The maximum Gasteiger partial charge on any atom is 0.324 e. The molecule has 1 atom stereocenters. The molecule has 0 amide bonds. The molecule has 5 heteroatoms. The average molecular weight is 217 g/mol. The molecule has 72 valence electrons. The highest BCUT2D eigenvalue weighted by Crippen LogP contribution is 2.09. The van der Waals surface area contributed by atoms with Crippen LogP contribution in [0.3, 0.4) is 0 Å². The van der Waals surface area contributed by atoms with Gasteiger partial charge in [0, 0.05) is 10.6 Å². The van der Waals surface area contributed by atoms with Crippen LogP contribution in [-0.4, -0.2) is 17.8 Å². The Bertz CT molecular complexity index is 261. The molecule has 1 aromatic heterocycles. The van der Waals surface area contributed by atoms with E-state index in [1.807, 2.05) is 17.5 Å². The van der Waals surface area contributed by atoms with Crippen molar-refractivity contribution in [1.82, 2.24) is 0 Å². The monoisotopic (exact) mass is 217 g/mol. The normalized spacial score (nSPS) is 12.5. The van der Waals surface area contributed by atoms with Gasteiger partial charge in [0.05, 0.1) is 0 Å². The predicted molar refractivity (Wildman–Crippen MR) is 55.9 cm³/mol. The van der Waals surface area contributed by atoms with Crippen molar-refractivity contribution in [3.05, 3.63) is 22.4 Å². The SMILES string of the molecule is N[C@H](CS)C(=O)OCc1cccs1. The van der Waals surface area contributed by atoms with Crippen LogP contribution in [0, 0.1) is 0 Å². The summed E-state index contributed by atoms with van der Waals surface area (Å²) < 4.78 is 4.94. The number of carbonyl (C=O) groups excluding carboxylic acids is 1. The zero-order chi connectivity index (χ0) is 9.68. The van der Waals surface area contributed by atoms with E-state index in [1.54, 1.807) is 11.3 Å². The van der Waals surface area contributed by atoms with Crippen LogP contribution in [0.5, 0.6) is 0 Å². The summed E-state index contributed by atoms with van der Waals surface area (Å²) in [6, 6.07) is 3.19. The lowest BCUT2D eigenvalue weighted by Gasteiger charge is -2.07. The van der Waals surface area contributed by atoms with Gasteiger partial charge in [-0.05, 0) is 11.4 Å². The van der Waals surface area contributed by atoms with Gasteiger partial charge in [0.2, 0.25) is 0 Å². The average Bonchev–Trinajstić information content (AvgIpc) is 2.65. The molecule has 1 heterocycles. The number of esters is 1. The Morgan fingerprint density at radius 3 is 3.08 bits per heavy atom. The van der Waals surface area contributed by atoms with Crippen molar-refractivity contribution in [3.8, 4) is 0 Å². The van der Waals surface area contributed by atoms with Gasteiger partial charge in [0.15, 0.2) is 0 Å². The Kier molecular flexibility index (Phi) is 4.27. The van der Waals surface area contributed by atoms with E-state index < -0.39 is 12.0 Å². The zero-order valence-electron chi connectivity index (χ0n) is 6.97. The molecule has 0 aliphatic heterocycles. The van der Waals surface area contributed by atoms with Gasteiger partial charge in [-0.25, -0.2) is 0 Å². The fraction of sp³-hybridized carbons (Fsp3) is 0.375. The van der Waals surface area contributed by atoms with E-state index in [1.165, 1.54) is 0 Å². The molecule has 0 aliphatic carbocycles. The molecule has 1 aromatic rings. The number of hydrogen-bond donors (Lipinski definition) is 2. The molecular formula is C8H11NO2S2. The Labute approximate surface area is 86.3 Å². The van der Waals surface area contributed by atoms with Crippen LogP contribution in [0.4, 0.5) is 0 Å². The second kappa shape index (κ2) is 5.26. The molecule has 0 radical (unpaired) electrons. The summed E-state index contributed by atoms with van der Waals surface area (Å²) in [4.78, 5) is 12.1. The van der Waals surface area contributed by atoms with Gasteiger partial charge in [-0.1, -0.05) is 6.07 Å². The lowest BCUT2D eigenvalue weighted by Crippen LogP contribution is -2.33. The van der Waals surface area contributed by atoms with Crippen LogP contribution in [0.15, 0.2) is 17.5 Å². The van der Waals surface area contributed by atoms with Gasteiger partial charge in [0.25, 0.3) is 0 Å². The Balaban J connectivity index is 2.31. The van der Waals surface area contributed by atoms with Gasteiger partial charge >= 0.3 is 5.97 Å². The molecule has 0 fully saturated rings. The summed E-state index contributed by atoms with van der Waals surface area (Å²) in [5, 5.41) is 1.93. The molecule has 0 saturated carbocycles. The molecule has 13 heavy (non-hydrogen) atoms. The smallest absolute Gasteiger partial charge is 0.324 e. The number of hydrogen-bond acceptors (Lipinski definition) is 5. The van der Waals surface area contributed by atoms with Crippen LogP contribution in [0.1, 0.15) is 4.88 Å². The largest absolute Gasteiger partial charge is 0.459 e. The van der Waals surface area contributed by atoms with E-state index in [2.05, 4.69) is 12.6 Å². The fourth-order valence-corrected chi connectivity index (χ4v) is 1.48. The third-order valence-corrected chi connectivity index (χ3v) is 2.68. The van der Waals surface area contributed by atoms with Crippen molar-refractivity contribution in [3.63, 3.8) is 0 Å². The Morgan fingerprint density at radius 1 is 1.77 bits per heavy atom. The van der Waals surface area contributed by atoms with Crippen LogP contribution in [0.25, 0.3) is 0 Å². The molecule has 3 nitrogen and oxygen atoms in total. The van der Waals surface area contributed by atoms with Gasteiger partial charge < -0.3 is 10.5 Å². The highest BCUT2D eigenvalue weighted by atomic mass is 32.1. The number of thiophene rings is 1. The summed E-state index contributed by atoms with van der Waals surface area (Å²) in [6.07, 6.45) is 0. The highest BCUT2D eigenvalue weighted by Gasteiger charge is 2.12. The van der Waals surface area contributed by atoms with E-state index >= 15 is 0 Å². The molecule has 2 N–H and O–H groups in total. The number of ether oxygens (including phenoxy) is 1. The van der Waals surface area contributed by atoms with E-state index in [-0.39, 0.29) is 0 Å². The maximum absolute atomic E-state index is 11.1. The summed E-state index contributed by atoms with van der Waals surface area (Å²) in [5.74, 6) is -0.0908. The standard InChI is InChI=1S/C8H11NO2S2/c9-7(5-12)8(10)11-4-6-2-1-3-13-6/h1-3,7,12H,4-5,9H2/t7-/m1/s1. The number of rotatable bonds is 4. The van der Waals surface area contributed by atoms with Crippen molar-refractivity contribution in [2.24, 2.45) is 5.73 Å². The summed E-state index contributed by atoms with van der Waals surface area (Å²) in [5.41, 5.74) is 5.41. The van der Waals surface area contributed by atoms with E-state index in [0.717, 1.165) is 4.88 Å². The summed E-state index contributed by atoms with van der Waals surface area (Å²) >= 11 is 5.45.